The van der Waals surface area contributed by atoms with Crippen molar-refractivity contribution in [3.8, 4) is 0 Å². The summed E-state index contributed by atoms with van der Waals surface area (Å²) in [5, 5.41) is 5.28. The molecule has 0 aliphatic carbocycles. The molecule has 126 valence electrons. The van der Waals surface area contributed by atoms with Gasteiger partial charge < -0.3 is 15.6 Å². The number of hydrogen-bond acceptors (Lipinski definition) is 4. The molecule has 2 rings (SSSR count). The molecule has 0 saturated carbocycles. The summed E-state index contributed by atoms with van der Waals surface area (Å²) < 4.78 is 0. The second-order valence-corrected chi connectivity index (χ2v) is 5.20. The highest BCUT2D eigenvalue weighted by Crippen LogP contribution is 2.05. The summed E-state index contributed by atoms with van der Waals surface area (Å²) >= 11 is 0. The van der Waals surface area contributed by atoms with Gasteiger partial charge in [0.25, 0.3) is 5.56 Å². The van der Waals surface area contributed by atoms with Crippen LogP contribution in [0.5, 0.6) is 0 Å². The van der Waals surface area contributed by atoms with Crippen molar-refractivity contribution in [2.45, 2.75) is 19.8 Å². The Hall–Kier alpha value is -3.16. The number of aryl methyl sites for hydroxylation is 1. The van der Waals surface area contributed by atoms with E-state index in [0.717, 1.165) is 0 Å². The molecule has 0 fully saturated rings. The average Bonchev–Trinajstić information content (AvgIpc) is 2.52. The minimum atomic E-state index is -0.612. The predicted molar refractivity (Wildman–Crippen MR) is 88.8 cm³/mol. The van der Waals surface area contributed by atoms with Gasteiger partial charge in [-0.25, -0.2) is 4.79 Å². The Kier molecular flexibility index (Phi) is 5.67. The summed E-state index contributed by atoms with van der Waals surface area (Å²) in [5.41, 5.74) is 0.0262. The van der Waals surface area contributed by atoms with Crippen LogP contribution in [0, 0.1) is 6.92 Å². The fraction of sp³-hybridized carbons (Fsp3) is 0.250. The van der Waals surface area contributed by atoms with Crippen LogP contribution in [-0.4, -0.2) is 28.3 Å². The van der Waals surface area contributed by atoms with Gasteiger partial charge in [0.1, 0.15) is 0 Å². The molecule has 2 amide bonds. The summed E-state index contributed by atoms with van der Waals surface area (Å²) in [7, 11) is 0. The first kappa shape index (κ1) is 17.2. The maximum Gasteiger partial charge on any atom is 0.325 e. The van der Waals surface area contributed by atoms with E-state index in [-0.39, 0.29) is 30.9 Å². The lowest BCUT2D eigenvalue weighted by molar-refractivity contribution is -0.120. The van der Waals surface area contributed by atoms with Crippen LogP contribution in [-0.2, 0) is 16.0 Å². The van der Waals surface area contributed by atoms with E-state index in [1.807, 2.05) is 6.07 Å². The number of rotatable bonds is 6. The van der Waals surface area contributed by atoms with Gasteiger partial charge in [0.2, 0.25) is 11.8 Å². The molecule has 1 aromatic carbocycles. The van der Waals surface area contributed by atoms with Crippen LogP contribution >= 0.6 is 0 Å². The Bertz CT molecular complexity index is 839. The molecule has 8 heteroatoms. The Morgan fingerprint density at radius 3 is 2.42 bits per heavy atom. The topological polar surface area (TPSA) is 124 Å². The number of aromatic amines is 2. The molecule has 1 aromatic heterocycles. The molecule has 0 bridgehead atoms. The van der Waals surface area contributed by atoms with Crippen LogP contribution in [0.1, 0.15) is 17.7 Å². The Balaban J connectivity index is 1.81. The van der Waals surface area contributed by atoms with Gasteiger partial charge in [0.05, 0.1) is 6.42 Å². The number of amides is 2. The van der Waals surface area contributed by atoms with Crippen molar-refractivity contribution in [2.75, 3.05) is 11.9 Å². The number of carbonyl (C=O) groups is 2. The molecule has 0 radical (unpaired) electrons. The zero-order valence-corrected chi connectivity index (χ0v) is 13.1. The molecule has 0 saturated heterocycles. The maximum atomic E-state index is 11.9. The van der Waals surface area contributed by atoms with Gasteiger partial charge in [-0.1, -0.05) is 18.2 Å². The maximum absolute atomic E-state index is 11.9. The fourth-order valence-electron chi connectivity index (χ4n) is 2.12. The summed E-state index contributed by atoms with van der Waals surface area (Å²) in [5.74, 6) is -0.622. The molecular weight excluding hydrogens is 312 g/mol. The van der Waals surface area contributed by atoms with Crippen LogP contribution in [0.3, 0.4) is 0 Å². The number of H-pyrrole nitrogens is 2. The van der Waals surface area contributed by atoms with Crippen molar-refractivity contribution >= 4 is 17.5 Å². The van der Waals surface area contributed by atoms with E-state index in [1.165, 1.54) is 0 Å². The summed E-state index contributed by atoms with van der Waals surface area (Å²) in [4.78, 5) is 50.9. The molecule has 1 heterocycles. The van der Waals surface area contributed by atoms with E-state index in [9.17, 15) is 19.2 Å². The third-order valence-corrected chi connectivity index (χ3v) is 3.32. The molecule has 0 aliphatic heterocycles. The Morgan fingerprint density at radius 2 is 1.75 bits per heavy atom. The number of nitrogens with one attached hydrogen (secondary N) is 4. The monoisotopic (exact) mass is 330 g/mol. The van der Waals surface area contributed by atoms with Gasteiger partial charge in [-0.2, -0.15) is 0 Å². The molecule has 0 aliphatic rings. The number of carbonyl (C=O) groups excluding carboxylic acids is 2. The minimum absolute atomic E-state index is 0.113. The van der Waals surface area contributed by atoms with Crippen molar-refractivity contribution in [3.63, 3.8) is 0 Å². The van der Waals surface area contributed by atoms with E-state index >= 15 is 0 Å². The average molecular weight is 330 g/mol. The van der Waals surface area contributed by atoms with Crippen molar-refractivity contribution in [2.24, 2.45) is 0 Å². The largest absolute Gasteiger partial charge is 0.355 e. The predicted octanol–water partition coefficient (Wildman–Crippen LogP) is 0.0591. The highest BCUT2D eigenvalue weighted by Gasteiger charge is 2.11. The van der Waals surface area contributed by atoms with Gasteiger partial charge in [-0.05, 0) is 19.1 Å². The first-order valence-electron chi connectivity index (χ1n) is 7.39. The van der Waals surface area contributed by atoms with Crippen molar-refractivity contribution in [1.29, 1.82) is 0 Å². The second kappa shape index (κ2) is 7.91. The quantitative estimate of drug-likeness (QED) is 0.598. The Labute approximate surface area is 137 Å². The van der Waals surface area contributed by atoms with Crippen molar-refractivity contribution < 1.29 is 9.59 Å². The van der Waals surface area contributed by atoms with E-state index in [1.54, 1.807) is 31.2 Å². The van der Waals surface area contributed by atoms with E-state index in [0.29, 0.717) is 11.4 Å². The first-order chi connectivity index (χ1) is 11.5. The van der Waals surface area contributed by atoms with Crippen LogP contribution < -0.4 is 21.9 Å². The van der Waals surface area contributed by atoms with E-state index in [2.05, 4.69) is 20.6 Å². The normalized spacial score (nSPS) is 10.2. The zero-order chi connectivity index (χ0) is 17.5. The number of hydrogen-bond donors (Lipinski definition) is 4. The highest BCUT2D eigenvalue weighted by molar-refractivity contribution is 5.91. The van der Waals surface area contributed by atoms with Gasteiger partial charge in [-0.15, -0.1) is 0 Å². The number of para-hydroxylation sites is 1. The fourth-order valence-corrected chi connectivity index (χ4v) is 2.12. The van der Waals surface area contributed by atoms with Gasteiger partial charge in [0.15, 0.2) is 0 Å². The van der Waals surface area contributed by atoms with Gasteiger partial charge in [0, 0.05) is 29.9 Å². The standard InChI is InChI=1S/C16H18N4O4/c1-10-12(15(23)20-16(24)18-10)9-14(22)17-8-7-13(21)19-11-5-3-2-4-6-11/h2-6H,7-9H2,1H3,(H,17,22)(H,19,21)(H2,18,20,23,24). The molecule has 8 nitrogen and oxygen atoms in total. The number of aromatic nitrogens is 2. The van der Waals surface area contributed by atoms with Crippen molar-refractivity contribution in [1.82, 2.24) is 15.3 Å². The minimum Gasteiger partial charge on any atom is -0.355 e. The number of benzene rings is 1. The molecular formula is C16H18N4O4. The SMILES string of the molecule is Cc1[nH]c(=O)[nH]c(=O)c1CC(=O)NCCC(=O)Nc1ccccc1. The lowest BCUT2D eigenvalue weighted by Gasteiger charge is -2.07. The van der Waals surface area contributed by atoms with Crippen LogP contribution in [0.15, 0.2) is 39.9 Å². The molecule has 0 unspecified atom stereocenters. The lowest BCUT2D eigenvalue weighted by atomic mass is 10.1. The van der Waals surface area contributed by atoms with Crippen LogP contribution in [0.4, 0.5) is 5.69 Å². The first-order valence-corrected chi connectivity index (χ1v) is 7.39. The van der Waals surface area contributed by atoms with Gasteiger partial charge >= 0.3 is 5.69 Å². The molecule has 2 aromatic rings. The third-order valence-electron chi connectivity index (χ3n) is 3.32. The summed E-state index contributed by atoms with van der Waals surface area (Å²) in [6.07, 6.45) is -0.0557. The Morgan fingerprint density at radius 1 is 1.04 bits per heavy atom. The highest BCUT2D eigenvalue weighted by atomic mass is 16.2. The zero-order valence-electron chi connectivity index (χ0n) is 13.1. The van der Waals surface area contributed by atoms with E-state index < -0.39 is 17.2 Å². The molecule has 4 N–H and O–H groups in total. The summed E-state index contributed by atoms with van der Waals surface area (Å²) in [6.45, 7) is 1.70. The van der Waals surface area contributed by atoms with Crippen LogP contribution in [0.25, 0.3) is 0 Å². The summed E-state index contributed by atoms with van der Waals surface area (Å²) in [6, 6.07) is 8.99. The lowest BCUT2D eigenvalue weighted by Crippen LogP contribution is -2.33. The smallest absolute Gasteiger partial charge is 0.325 e. The van der Waals surface area contributed by atoms with Crippen LogP contribution in [0.2, 0.25) is 0 Å². The van der Waals surface area contributed by atoms with Crippen molar-refractivity contribution in [3.05, 3.63) is 62.4 Å². The molecule has 0 spiro atoms. The second-order valence-electron chi connectivity index (χ2n) is 5.20. The third kappa shape index (κ3) is 4.94. The molecule has 24 heavy (non-hydrogen) atoms. The van der Waals surface area contributed by atoms with E-state index in [4.69, 9.17) is 0 Å². The molecule has 0 atom stereocenters. The van der Waals surface area contributed by atoms with Gasteiger partial charge in [-0.3, -0.25) is 19.4 Å². The number of anilines is 1.